The van der Waals surface area contributed by atoms with Crippen LogP contribution in [-0.2, 0) is 0 Å². The van der Waals surface area contributed by atoms with E-state index < -0.39 is 0 Å². The normalized spacial score (nSPS) is 10.0. The summed E-state index contributed by atoms with van der Waals surface area (Å²) in [7, 11) is 1.54. The van der Waals surface area contributed by atoms with Crippen LogP contribution in [0.25, 0.3) is 0 Å². The van der Waals surface area contributed by atoms with E-state index in [1.54, 1.807) is 37.4 Å². The molecule has 2 N–H and O–H groups in total. The summed E-state index contributed by atoms with van der Waals surface area (Å²) in [6.07, 6.45) is 0. The highest BCUT2D eigenvalue weighted by atomic mass is 19.1. The SMILES string of the molecule is COc1ccc(Oc2cccc(F)c2)cc1N. The van der Waals surface area contributed by atoms with Gasteiger partial charge < -0.3 is 15.2 Å². The first-order chi connectivity index (χ1) is 8.19. The number of halogens is 1. The van der Waals surface area contributed by atoms with Crippen LogP contribution in [0.15, 0.2) is 42.5 Å². The van der Waals surface area contributed by atoms with Gasteiger partial charge in [0.05, 0.1) is 12.8 Å². The van der Waals surface area contributed by atoms with Crippen molar-refractivity contribution in [1.82, 2.24) is 0 Å². The molecule has 0 heterocycles. The van der Waals surface area contributed by atoms with Crippen LogP contribution in [-0.4, -0.2) is 7.11 Å². The van der Waals surface area contributed by atoms with Gasteiger partial charge in [0.15, 0.2) is 0 Å². The summed E-state index contributed by atoms with van der Waals surface area (Å²) in [5.74, 6) is 1.20. The molecule has 0 spiro atoms. The van der Waals surface area contributed by atoms with Gasteiger partial charge in [-0.1, -0.05) is 6.07 Å². The molecule has 0 aliphatic carbocycles. The van der Waals surface area contributed by atoms with E-state index in [1.165, 1.54) is 12.1 Å². The maximum atomic E-state index is 12.9. The van der Waals surface area contributed by atoms with Crippen molar-refractivity contribution in [3.63, 3.8) is 0 Å². The number of hydrogen-bond acceptors (Lipinski definition) is 3. The number of nitrogen functional groups attached to an aromatic ring is 1. The Morgan fingerprint density at radius 2 is 1.82 bits per heavy atom. The average Bonchev–Trinajstić information content (AvgIpc) is 2.29. The van der Waals surface area contributed by atoms with Crippen LogP contribution < -0.4 is 15.2 Å². The van der Waals surface area contributed by atoms with Gasteiger partial charge >= 0.3 is 0 Å². The summed E-state index contributed by atoms with van der Waals surface area (Å²) in [4.78, 5) is 0. The zero-order valence-electron chi connectivity index (χ0n) is 9.31. The Morgan fingerprint density at radius 3 is 2.47 bits per heavy atom. The average molecular weight is 233 g/mol. The molecule has 0 fully saturated rings. The third kappa shape index (κ3) is 2.66. The largest absolute Gasteiger partial charge is 0.495 e. The first-order valence-electron chi connectivity index (χ1n) is 5.06. The molecule has 0 atom stereocenters. The summed E-state index contributed by atoms with van der Waals surface area (Å²) in [5.41, 5.74) is 6.21. The van der Waals surface area contributed by atoms with Crippen LogP contribution in [0.5, 0.6) is 17.2 Å². The fourth-order valence-electron chi connectivity index (χ4n) is 1.44. The van der Waals surface area contributed by atoms with Gasteiger partial charge in [0.1, 0.15) is 23.1 Å². The van der Waals surface area contributed by atoms with Gasteiger partial charge in [-0.05, 0) is 24.3 Å². The molecule has 0 radical (unpaired) electrons. The predicted molar refractivity (Wildman–Crippen MR) is 63.9 cm³/mol. The Hall–Kier alpha value is -2.23. The van der Waals surface area contributed by atoms with E-state index in [-0.39, 0.29) is 5.82 Å². The summed E-state index contributed by atoms with van der Waals surface area (Å²) in [6.45, 7) is 0. The van der Waals surface area contributed by atoms with Crippen LogP contribution in [0.1, 0.15) is 0 Å². The van der Waals surface area contributed by atoms with Crippen LogP contribution in [0, 0.1) is 5.82 Å². The summed E-state index contributed by atoms with van der Waals surface area (Å²) >= 11 is 0. The number of rotatable bonds is 3. The third-order valence-corrected chi connectivity index (χ3v) is 2.23. The molecule has 3 nitrogen and oxygen atoms in total. The number of methoxy groups -OCH3 is 1. The number of nitrogens with two attached hydrogens (primary N) is 1. The Kier molecular flexibility index (Phi) is 3.14. The van der Waals surface area contributed by atoms with Crippen molar-refractivity contribution in [2.75, 3.05) is 12.8 Å². The van der Waals surface area contributed by atoms with E-state index >= 15 is 0 Å². The lowest BCUT2D eigenvalue weighted by Crippen LogP contribution is -1.93. The smallest absolute Gasteiger partial charge is 0.142 e. The van der Waals surface area contributed by atoms with E-state index in [0.29, 0.717) is 22.9 Å². The zero-order chi connectivity index (χ0) is 12.3. The molecule has 4 heteroatoms. The van der Waals surface area contributed by atoms with Gasteiger partial charge in [-0.3, -0.25) is 0 Å². The molecule has 0 aliphatic rings. The fourth-order valence-corrected chi connectivity index (χ4v) is 1.44. The zero-order valence-corrected chi connectivity index (χ0v) is 9.31. The molecule has 17 heavy (non-hydrogen) atoms. The Bertz CT molecular complexity index is 529. The third-order valence-electron chi connectivity index (χ3n) is 2.23. The maximum absolute atomic E-state index is 12.9. The monoisotopic (exact) mass is 233 g/mol. The highest BCUT2D eigenvalue weighted by molar-refractivity contribution is 5.56. The second kappa shape index (κ2) is 4.74. The fraction of sp³-hybridized carbons (Fsp3) is 0.0769. The van der Waals surface area contributed by atoms with Gasteiger partial charge in [0.25, 0.3) is 0 Å². The van der Waals surface area contributed by atoms with Crippen molar-refractivity contribution in [1.29, 1.82) is 0 Å². The second-order valence-corrected chi connectivity index (χ2v) is 3.46. The van der Waals surface area contributed by atoms with Crippen LogP contribution in [0.3, 0.4) is 0 Å². The van der Waals surface area contributed by atoms with Crippen LogP contribution in [0.2, 0.25) is 0 Å². The molecule has 0 aromatic heterocycles. The Morgan fingerprint density at radius 1 is 1.06 bits per heavy atom. The lowest BCUT2D eigenvalue weighted by molar-refractivity contribution is 0.415. The summed E-state index contributed by atoms with van der Waals surface area (Å²) < 4.78 is 23.4. The highest BCUT2D eigenvalue weighted by Gasteiger charge is 2.03. The van der Waals surface area contributed by atoms with Crippen molar-refractivity contribution < 1.29 is 13.9 Å². The molecule has 0 bridgehead atoms. The first-order valence-corrected chi connectivity index (χ1v) is 5.06. The molecule has 0 aliphatic heterocycles. The Balaban J connectivity index is 2.22. The second-order valence-electron chi connectivity index (χ2n) is 3.46. The van der Waals surface area contributed by atoms with Crippen LogP contribution in [0.4, 0.5) is 10.1 Å². The molecular weight excluding hydrogens is 221 g/mol. The van der Waals surface area contributed by atoms with E-state index in [1.807, 2.05) is 0 Å². The van der Waals surface area contributed by atoms with E-state index in [2.05, 4.69) is 0 Å². The maximum Gasteiger partial charge on any atom is 0.142 e. The van der Waals surface area contributed by atoms with Gasteiger partial charge in [-0.15, -0.1) is 0 Å². The minimum absolute atomic E-state index is 0.344. The van der Waals surface area contributed by atoms with Gasteiger partial charge in [0.2, 0.25) is 0 Å². The Labute approximate surface area is 98.6 Å². The molecule has 0 saturated carbocycles. The summed E-state index contributed by atoms with van der Waals surface area (Å²) in [6, 6.07) is 10.9. The minimum Gasteiger partial charge on any atom is -0.495 e. The van der Waals surface area contributed by atoms with Gasteiger partial charge in [-0.25, -0.2) is 4.39 Å². The van der Waals surface area contributed by atoms with Gasteiger partial charge in [-0.2, -0.15) is 0 Å². The summed E-state index contributed by atoms with van der Waals surface area (Å²) in [5, 5.41) is 0. The molecule has 0 amide bonds. The molecule has 2 aromatic carbocycles. The van der Waals surface area contributed by atoms with Crippen molar-refractivity contribution >= 4 is 5.69 Å². The number of benzene rings is 2. The molecule has 2 rings (SSSR count). The standard InChI is InChI=1S/C13H12FNO2/c1-16-13-6-5-11(8-12(13)15)17-10-4-2-3-9(14)7-10/h2-8H,15H2,1H3. The van der Waals surface area contributed by atoms with Crippen molar-refractivity contribution in [3.8, 4) is 17.2 Å². The van der Waals surface area contributed by atoms with E-state index in [9.17, 15) is 4.39 Å². The van der Waals surface area contributed by atoms with Crippen molar-refractivity contribution in [2.45, 2.75) is 0 Å². The van der Waals surface area contributed by atoms with Crippen LogP contribution >= 0.6 is 0 Å². The minimum atomic E-state index is -0.344. The first kappa shape index (κ1) is 11.3. The van der Waals surface area contributed by atoms with Crippen molar-refractivity contribution in [2.24, 2.45) is 0 Å². The predicted octanol–water partition coefficient (Wildman–Crippen LogP) is 3.21. The lowest BCUT2D eigenvalue weighted by Gasteiger charge is -2.08. The van der Waals surface area contributed by atoms with E-state index in [4.69, 9.17) is 15.2 Å². The number of anilines is 1. The molecule has 2 aromatic rings. The van der Waals surface area contributed by atoms with E-state index in [0.717, 1.165) is 0 Å². The molecule has 88 valence electrons. The number of ether oxygens (including phenoxy) is 2. The number of hydrogen-bond donors (Lipinski definition) is 1. The molecular formula is C13H12FNO2. The lowest BCUT2D eigenvalue weighted by atomic mass is 10.2. The quantitative estimate of drug-likeness (QED) is 0.828. The molecule has 0 saturated heterocycles. The van der Waals surface area contributed by atoms with Gasteiger partial charge in [0, 0.05) is 12.1 Å². The molecule has 0 unspecified atom stereocenters. The van der Waals surface area contributed by atoms with Crippen molar-refractivity contribution in [3.05, 3.63) is 48.3 Å². The highest BCUT2D eigenvalue weighted by Crippen LogP contribution is 2.29. The topological polar surface area (TPSA) is 44.5 Å².